The minimum Gasteiger partial charge on any atom is -1.00 e. The van der Waals surface area contributed by atoms with Gasteiger partial charge in [0.1, 0.15) is 11.4 Å². The quantitative estimate of drug-likeness (QED) is 0.360. The van der Waals surface area contributed by atoms with Crippen molar-refractivity contribution < 1.29 is 78.1 Å². The van der Waals surface area contributed by atoms with Crippen molar-refractivity contribution in [3.05, 3.63) is 43.0 Å². The van der Waals surface area contributed by atoms with E-state index in [9.17, 15) is 0 Å². The Kier molecular flexibility index (Phi) is 11.5. The third-order valence-corrected chi connectivity index (χ3v) is 2.85. The number of hydrogen-bond donors (Lipinski definition) is 0. The van der Waals surface area contributed by atoms with Gasteiger partial charge in [-0.25, -0.2) is 15.0 Å². The van der Waals surface area contributed by atoms with Gasteiger partial charge in [-0.2, -0.15) is 0 Å². The van der Waals surface area contributed by atoms with Gasteiger partial charge >= 0.3 is 40.8 Å². The van der Waals surface area contributed by atoms with Crippen molar-refractivity contribution in [2.24, 2.45) is 14.1 Å². The molecule has 0 aliphatic heterocycles. The van der Waals surface area contributed by atoms with Crippen molar-refractivity contribution in [1.82, 2.24) is 24.1 Å². The average Bonchev–Trinajstić information content (AvgIpc) is 2.98. The molecule has 0 saturated carbocycles. The molecule has 0 spiro atoms. The summed E-state index contributed by atoms with van der Waals surface area (Å²) < 4.78 is 3.90. The molecule has 3 rings (SSSR count). The first-order chi connectivity index (χ1) is 8.75. The van der Waals surface area contributed by atoms with E-state index in [1.54, 1.807) is 12.4 Å². The molecule has 0 aromatic carbocycles. The van der Waals surface area contributed by atoms with Crippen LogP contribution in [0, 0.1) is 40.8 Å². The van der Waals surface area contributed by atoms with Crippen LogP contribution in [0.4, 0.5) is 0 Å². The van der Waals surface area contributed by atoms with E-state index in [2.05, 4.69) is 15.0 Å². The first-order valence-electron chi connectivity index (χ1n) is 5.68. The van der Waals surface area contributed by atoms with Crippen molar-refractivity contribution in [3.8, 4) is 23.0 Å². The Balaban J connectivity index is 0. The number of halogens is 3. The predicted octanol–water partition coefficient (Wildman–Crippen LogP) is -7.11. The van der Waals surface area contributed by atoms with E-state index in [1.807, 2.05) is 53.8 Å². The number of pyridine rings is 1. The summed E-state index contributed by atoms with van der Waals surface area (Å²) in [5, 5.41) is 0. The molecule has 9 heteroatoms. The van der Waals surface area contributed by atoms with Gasteiger partial charge in [0.05, 0.1) is 0 Å². The van der Waals surface area contributed by atoms with Gasteiger partial charge in [0.25, 0.3) is 0 Å². The van der Waals surface area contributed by atoms with E-state index in [0.717, 1.165) is 23.0 Å². The number of imidazole rings is 2. The molecule has 1 radical (unpaired) electrons. The largest absolute Gasteiger partial charge is 3.00 e. The van der Waals surface area contributed by atoms with E-state index in [4.69, 9.17) is 0 Å². The second-order valence-electron chi connectivity index (χ2n) is 4.13. The topological polar surface area (TPSA) is 48.5 Å². The minimum absolute atomic E-state index is 0. The average molecular weight is 490 g/mol. The predicted molar refractivity (Wildman–Crippen MR) is 68.6 cm³/mol. The Bertz CT molecular complexity index is 643. The number of aromatic nitrogens is 5. The fourth-order valence-corrected chi connectivity index (χ4v) is 1.91. The molecular weight excluding hydrogens is 477 g/mol. The molecule has 0 atom stereocenters. The molecule has 0 unspecified atom stereocenters. The van der Waals surface area contributed by atoms with Crippen LogP contribution in [0.25, 0.3) is 23.0 Å². The Morgan fingerprint density at radius 2 is 1.18 bits per heavy atom. The first-order valence-corrected chi connectivity index (χ1v) is 5.68. The zero-order valence-corrected chi connectivity index (χ0v) is 17.4. The molecule has 0 aliphatic carbocycles. The zero-order chi connectivity index (χ0) is 12.5. The second-order valence-corrected chi connectivity index (χ2v) is 4.13. The van der Waals surface area contributed by atoms with Crippen LogP contribution in [0.1, 0.15) is 0 Å². The maximum atomic E-state index is 4.61. The van der Waals surface area contributed by atoms with Crippen LogP contribution in [0.2, 0.25) is 0 Å². The van der Waals surface area contributed by atoms with Crippen LogP contribution in [0.3, 0.4) is 0 Å². The number of aryl methyl sites for hydroxylation is 2. The molecular formula is C13H13Cl3N5Nd. The maximum Gasteiger partial charge on any atom is 3.00 e. The Hall–Kier alpha value is -0.209. The van der Waals surface area contributed by atoms with Crippen LogP contribution in [0.15, 0.2) is 43.0 Å². The fourth-order valence-electron chi connectivity index (χ4n) is 1.91. The van der Waals surface area contributed by atoms with Crippen molar-refractivity contribution >= 4 is 0 Å². The number of hydrogen-bond acceptors (Lipinski definition) is 3. The second kappa shape index (κ2) is 10.5. The molecule has 0 bridgehead atoms. The van der Waals surface area contributed by atoms with E-state index in [-0.39, 0.29) is 78.1 Å². The van der Waals surface area contributed by atoms with Gasteiger partial charge in [-0.3, -0.25) is 0 Å². The smallest absolute Gasteiger partial charge is 1.00 e. The van der Waals surface area contributed by atoms with E-state index >= 15 is 0 Å². The Labute approximate surface area is 180 Å². The minimum atomic E-state index is 0. The third kappa shape index (κ3) is 4.89. The molecule has 3 heterocycles. The van der Waals surface area contributed by atoms with Gasteiger partial charge in [-0.15, -0.1) is 0 Å². The van der Waals surface area contributed by atoms with Gasteiger partial charge in [0.2, 0.25) is 0 Å². The number of nitrogens with zero attached hydrogens (tertiary/aromatic N) is 5. The van der Waals surface area contributed by atoms with E-state index < -0.39 is 0 Å². The molecule has 0 saturated heterocycles. The summed E-state index contributed by atoms with van der Waals surface area (Å²) in [4.78, 5) is 13.2. The monoisotopic (exact) mass is 486 g/mol. The summed E-state index contributed by atoms with van der Waals surface area (Å²) in [5.74, 6) is 1.71. The summed E-state index contributed by atoms with van der Waals surface area (Å²) in [7, 11) is 3.91. The Morgan fingerprint density at radius 3 is 1.50 bits per heavy atom. The van der Waals surface area contributed by atoms with E-state index in [1.165, 1.54) is 0 Å². The number of rotatable bonds is 2. The molecule has 3 aromatic heterocycles. The summed E-state index contributed by atoms with van der Waals surface area (Å²) in [5.41, 5.74) is 1.70. The van der Waals surface area contributed by atoms with Crippen LogP contribution in [-0.2, 0) is 14.1 Å². The van der Waals surface area contributed by atoms with E-state index in [0.29, 0.717) is 0 Å². The van der Waals surface area contributed by atoms with Gasteiger partial charge in [0, 0.05) is 38.9 Å². The van der Waals surface area contributed by atoms with Crippen LogP contribution in [0.5, 0.6) is 0 Å². The standard InChI is InChI=1S/C13H13N5.3ClH.Nd/c1-17-8-6-14-12(17)10-4-3-5-11(16-10)13-15-7-9-18(13)2;;;;/h3-9H,1-2H3;3*1H;/q;;;;+3/p-3. The van der Waals surface area contributed by atoms with Gasteiger partial charge in [-0.1, -0.05) is 6.07 Å². The summed E-state index contributed by atoms with van der Waals surface area (Å²) in [6.45, 7) is 0. The van der Waals surface area contributed by atoms with Crippen LogP contribution in [-0.4, -0.2) is 24.1 Å². The maximum absolute atomic E-state index is 4.61. The third-order valence-electron chi connectivity index (χ3n) is 2.85. The van der Waals surface area contributed by atoms with Crippen LogP contribution >= 0.6 is 0 Å². The molecule has 0 fully saturated rings. The molecule has 3 aromatic rings. The summed E-state index contributed by atoms with van der Waals surface area (Å²) in [6.07, 6.45) is 7.35. The molecule has 115 valence electrons. The summed E-state index contributed by atoms with van der Waals surface area (Å²) in [6, 6.07) is 5.88. The van der Waals surface area contributed by atoms with Gasteiger partial charge < -0.3 is 46.4 Å². The van der Waals surface area contributed by atoms with Gasteiger partial charge in [0.15, 0.2) is 11.6 Å². The fraction of sp³-hybridized carbons (Fsp3) is 0.154. The Morgan fingerprint density at radius 1 is 0.773 bits per heavy atom. The normalized spacial score (nSPS) is 8.82. The SMILES string of the molecule is Cn1ccnc1-c1cccc(-c2nccn2C)n1.[Cl-].[Cl-].[Cl-].[Nd+3]. The van der Waals surface area contributed by atoms with Crippen molar-refractivity contribution in [3.63, 3.8) is 0 Å². The molecule has 5 nitrogen and oxygen atoms in total. The molecule has 0 amide bonds. The van der Waals surface area contributed by atoms with Crippen molar-refractivity contribution in [1.29, 1.82) is 0 Å². The van der Waals surface area contributed by atoms with Crippen molar-refractivity contribution in [2.75, 3.05) is 0 Å². The molecule has 22 heavy (non-hydrogen) atoms. The molecule has 0 N–H and O–H groups in total. The zero-order valence-electron chi connectivity index (χ0n) is 11.9. The summed E-state index contributed by atoms with van der Waals surface area (Å²) >= 11 is 0. The first kappa shape index (κ1) is 24.0. The van der Waals surface area contributed by atoms with Gasteiger partial charge in [-0.05, 0) is 12.1 Å². The van der Waals surface area contributed by atoms with Crippen LogP contribution < -0.4 is 37.2 Å². The van der Waals surface area contributed by atoms with Crippen molar-refractivity contribution in [2.45, 2.75) is 0 Å². The molecule has 0 aliphatic rings.